The summed E-state index contributed by atoms with van der Waals surface area (Å²) in [6.07, 6.45) is 1.90. The van der Waals surface area contributed by atoms with E-state index in [1.165, 1.54) is 14.2 Å². The molecule has 0 unspecified atom stereocenters. The van der Waals surface area contributed by atoms with Crippen LogP contribution in [0.1, 0.15) is 24.0 Å². The van der Waals surface area contributed by atoms with Gasteiger partial charge in [0.25, 0.3) is 0 Å². The van der Waals surface area contributed by atoms with Gasteiger partial charge in [-0.2, -0.15) is 0 Å². The molecule has 0 heterocycles. The van der Waals surface area contributed by atoms with Gasteiger partial charge in [0, 0.05) is 12.8 Å². The number of aryl methyl sites for hydroxylation is 2. The quantitative estimate of drug-likeness (QED) is 0.293. The highest BCUT2D eigenvalue weighted by molar-refractivity contribution is 7.56. The summed E-state index contributed by atoms with van der Waals surface area (Å²) in [7, 11) is 1.36. The molecule has 0 saturated heterocycles. The van der Waals surface area contributed by atoms with E-state index in [1.807, 2.05) is 78.9 Å². The molecule has 0 radical (unpaired) electrons. The number of ether oxygens (including phenoxy) is 2. The molecule has 0 spiro atoms. The van der Waals surface area contributed by atoms with Crippen LogP contribution in [-0.4, -0.2) is 26.2 Å². The molecular weight excluding hydrogens is 439 g/mol. The molecule has 0 saturated carbocycles. The zero-order valence-corrected chi connectivity index (χ0v) is 19.6. The Labute approximate surface area is 195 Å². The van der Waals surface area contributed by atoms with Crippen molar-refractivity contribution in [3.05, 3.63) is 90.0 Å². The third kappa shape index (κ3) is 7.92. The number of hydrogen-bond donors (Lipinski definition) is 0. The molecule has 6 nitrogen and oxygen atoms in total. The van der Waals surface area contributed by atoms with Crippen LogP contribution in [0.25, 0.3) is 0 Å². The second-order valence-corrected chi connectivity index (χ2v) is 8.61. The van der Waals surface area contributed by atoms with Gasteiger partial charge in [-0.3, -0.25) is 9.59 Å². The van der Waals surface area contributed by atoms with Crippen LogP contribution >= 0.6 is 8.38 Å². The van der Waals surface area contributed by atoms with Crippen molar-refractivity contribution in [1.29, 1.82) is 0 Å². The molecule has 3 rings (SSSR count). The molecule has 172 valence electrons. The van der Waals surface area contributed by atoms with Crippen molar-refractivity contribution in [2.75, 3.05) is 14.2 Å². The zero-order valence-electron chi connectivity index (χ0n) is 18.7. The highest BCUT2D eigenvalue weighted by Crippen LogP contribution is 2.39. The molecule has 3 aromatic carbocycles. The summed E-state index contributed by atoms with van der Waals surface area (Å²) in [5.41, 5.74) is 2.06. The van der Waals surface area contributed by atoms with E-state index in [0.717, 1.165) is 16.4 Å². The maximum absolute atomic E-state index is 11.3. The normalized spacial score (nSPS) is 10.5. The molecule has 3 aromatic rings. The number of hydrogen-bond acceptors (Lipinski definition) is 6. The van der Waals surface area contributed by atoms with Crippen LogP contribution in [-0.2, 0) is 31.9 Å². The van der Waals surface area contributed by atoms with E-state index in [9.17, 15) is 9.59 Å². The van der Waals surface area contributed by atoms with Crippen LogP contribution in [0.15, 0.2) is 78.9 Å². The van der Waals surface area contributed by atoms with E-state index >= 15 is 0 Å². The van der Waals surface area contributed by atoms with Gasteiger partial charge in [-0.15, -0.1) is 0 Å². The van der Waals surface area contributed by atoms with Crippen molar-refractivity contribution in [2.24, 2.45) is 0 Å². The highest BCUT2D eigenvalue weighted by Gasteiger charge is 2.18. The summed E-state index contributed by atoms with van der Waals surface area (Å²) < 4.78 is 21.8. The van der Waals surface area contributed by atoms with Crippen molar-refractivity contribution in [3.8, 4) is 11.5 Å². The smallest absolute Gasteiger partial charge is 0.326 e. The minimum absolute atomic E-state index is 0.229. The summed E-state index contributed by atoms with van der Waals surface area (Å²) in [4.78, 5) is 22.7. The predicted molar refractivity (Wildman–Crippen MR) is 128 cm³/mol. The Balaban J connectivity index is 1.67. The summed E-state index contributed by atoms with van der Waals surface area (Å²) in [5, 5.41) is 0.942. The molecule has 0 aliphatic carbocycles. The maximum atomic E-state index is 11.3. The van der Waals surface area contributed by atoms with E-state index in [1.54, 1.807) is 0 Å². The van der Waals surface area contributed by atoms with E-state index in [0.29, 0.717) is 37.2 Å². The fourth-order valence-electron chi connectivity index (χ4n) is 3.00. The van der Waals surface area contributed by atoms with Gasteiger partial charge < -0.3 is 18.5 Å². The lowest BCUT2D eigenvalue weighted by molar-refractivity contribution is -0.141. The Hall–Kier alpha value is -3.37. The standard InChI is InChI=1S/C26H27O6P/c1-29-25(27)18-12-20-8-14-22(15-9-20)31-33(24-6-4-3-5-7-24)32-23-16-10-21(11-17-23)13-19-26(28)30-2/h3-11,14-17H,12-13,18-19H2,1-2H3. The van der Waals surface area contributed by atoms with E-state index in [4.69, 9.17) is 18.5 Å². The van der Waals surface area contributed by atoms with Gasteiger partial charge in [-0.25, -0.2) is 0 Å². The van der Waals surface area contributed by atoms with Crippen LogP contribution in [0.2, 0.25) is 0 Å². The first-order valence-electron chi connectivity index (χ1n) is 10.6. The van der Waals surface area contributed by atoms with Gasteiger partial charge in [0.05, 0.1) is 19.5 Å². The third-order valence-electron chi connectivity index (χ3n) is 4.88. The second-order valence-electron chi connectivity index (χ2n) is 7.22. The summed E-state index contributed by atoms with van der Waals surface area (Å²) in [6, 6.07) is 25.1. The largest absolute Gasteiger partial charge is 0.469 e. The first-order chi connectivity index (χ1) is 16.1. The Morgan fingerprint density at radius 1 is 0.636 bits per heavy atom. The number of esters is 2. The van der Waals surface area contributed by atoms with Gasteiger partial charge in [-0.1, -0.05) is 42.5 Å². The van der Waals surface area contributed by atoms with Gasteiger partial charge in [-0.05, 0) is 60.4 Å². The number of methoxy groups -OCH3 is 2. The van der Waals surface area contributed by atoms with Crippen molar-refractivity contribution >= 4 is 25.6 Å². The third-order valence-corrected chi connectivity index (χ3v) is 6.35. The molecule has 0 aromatic heterocycles. The van der Waals surface area contributed by atoms with Crippen molar-refractivity contribution in [2.45, 2.75) is 25.7 Å². The lowest BCUT2D eigenvalue weighted by atomic mass is 10.1. The average Bonchev–Trinajstić information content (AvgIpc) is 2.87. The molecule has 0 fully saturated rings. The fraction of sp³-hybridized carbons (Fsp3) is 0.231. The van der Waals surface area contributed by atoms with Crippen LogP contribution in [0.5, 0.6) is 11.5 Å². The van der Waals surface area contributed by atoms with Crippen LogP contribution < -0.4 is 14.4 Å². The highest BCUT2D eigenvalue weighted by atomic mass is 31.2. The van der Waals surface area contributed by atoms with E-state index in [2.05, 4.69) is 0 Å². The van der Waals surface area contributed by atoms with Crippen LogP contribution in [0.3, 0.4) is 0 Å². The van der Waals surface area contributed by atoms with Crippen molar-refractivity contribution < 1.29 is 28.1 Å². The molecule has 0 atom stereocenters. The van der Waals surface area contributed by atoms with Crippen LogP contribution in [0, 0.1) is 0 Å². The maximum Gasteiger partial charge on any atom is 0.326 e. The van der Waals surface area contributed by atoms with Crippen molar-refractivity contribution in [3.63, 3.8) is 0 Å². The minimum Gasteiger partial charge on any atom is -0.469 e. The lowest BCUT2D eigenvalue weighted by Crippen LogP contribution is -2.09. The fourth-order valence-corrected chi connectivity index (χ4v) is 4.29. The Kier molecular flexibility index (Phi) is 9.28. The van der Waals surface area contributed by atoms with Gasteiger partial charge in [0.15, 0.2) is 0 Å². The molecule has 33 heavy (non-hydrogen) atoms. The van der Waals surface area contributed by atoms with Crippen LogP contribution in [0.4, 0.5) is 0 Å². The molecular formula is C26H27O6P. The first-order valence-corrected chi connectivity index (χ1v) is 11.8. The molecule has 0 aliphatic heterocycles. The predicted octanol–water partition coefficient (Wildman–Crippen LogP) is 4.99. The minimum atomic E-state index is -1.42. The van der Waals surface area contributed by atoms with Gasteiger partial charge in [0.2, 0.25) is 0 Å². The summed E-state index contributed by atoms with van der Waals surface area (Å²) in [6.45, 7) is 0. The summed E-state index contributed by atoms with van der Waals surface area (Å²) >= 11 is 0. The zero-order chi connectivity index (χ0) is 23.5. The number of carbonyl (C=O) groups excluding carboxylic acids is 2. The molecule has 7 heteroatoms. The molecule has 0 N–H and O–H groups in total. The van der Waals surface area contributed by atoms with E-state index < -0.39 is 8.38 Å². The number of rotatable bonds is 11. The molecule has 0 aliphatic rings. The Morgan fingerprint density at radius 3 is 1.45 bits per heavy atom. The second kappa shape index (κ2) is 12.6. The van der Waals surface area contributed by atoms with Gasteiger partial charge >= 0.3 is 20.3 Å². The number of carbonyl (C=O) groups is 2. The molecule has 0 amide bonds. The summed E-state index contributed by atoms with van der Waals surface area (Å²) in [5.74, 6) is 0.906. The average molecular weight is 466 g/mol. The SMILES string of the molecule is COC(=O)CCc1ccc(OP(Oc2ccc(CCC(=O)OC)cc2)c2ccccc2)cc1. The topological polar surface area (TPSA) is 71.1 Å². The first kappa shape index (κ1) is 24.3. The monoisotopic (exact) mass is 466 g/mol. The Morgan fingerprint density at radius 2 is 1.06 bits per heavy atom. The molecule has 0 bridgehead atoms. The Bertz CT molecular complexity index is 953. The van der Waals surface area contributed by atoms with E-state index in [-0.39, 0.29) is 11.9 Å². The lowest BCUT2D eigenvalue weighted by Gasteiger charge is -2.19. The number of benzene rings is 3. The van der Waals surface area contributed by atoms with Crippen molar-refractivity contribution in [1.82, 2.24) is 0 Å². The van der Waals surface area contributed by atoms with Gasteiger partial charge in [0.1, 0.15) is 11.5 Å².